The maximum atomic E-state index is 12.8. The number of aromatic nitrogens is 2. The van der Waals surface area contributed by atoms with Crippen LogP contribution in [-0.2, 0) is 16.0 Å². The molecule has 1 aromatic heterocycles. The maximum Gasteiger partial charge on any atom is 0.252 e. The summed E-state index contributed by atoms with van der Waals surface area (Å²) < 4.78 is 0. The number of nitrogens with one attached hydrogen (secondary N) is 1. The molecule has 2 amide bonds. The number of aryl methyl sites for hydroxylation is 1. The first-order valence-corrected chi connectivity index (χ1v) is 8.24. The fourth-order valence-electron chi connectivity index (χ4n) is 2.53. The SMILES string of the molecule is CCCc1nnc(NC(=O)C2(C)CC(=O)N=C3C=CC=CN32)s1. The first kappa shape index (κ1) is 15.5. The Bertz CT molecular complexity index is 736. The molecular weight excluding hydrogens is 314 g/mol. The number of fused-ring (bicyclic) bond motifs is 1. The first-order valence-electron chi connectivity index (χ1n) is 7.42. The van der Waals surface area contributed by atoms with Gasteiger partial charge in [0.2, 0.25) is 5.13 Å². The summed E-state index contributed by atoms with van der Waals surface area (Å²) in [7, 11) is 0. The van der Waals surface area contributed by atoms with Crippen LogP contribution >= 0.6 is 11.3 Å². The minimum atomic E-state index is -1.04. The number of hydrogen-bond donors (Lipinski definition) is 1. The van der Waals surface area contributed by atoms with Crippen LogP contribution in [0.3, 0.4) is 0 Å². The van der Waals surface area contributed by atoms with Crippen LogP contribution in [-0.4, -0.2) is 38.3 Å². The molecule has 0 bridgehead atoms. The van der Waals surface area contributed by atoms with E-state index in [9.17, 15) is 9.59 Å². The number of carbonyl (C=O) groups excluding carboxylic acids is 2. The molecule has 0 saturated carbocycles. The number of aliphatic imine (C=N–C) groups is 1. The Kier molecular flexibility index (Phi) is 4.08. The summed E-state index contributed by atoms with van der Waals surface area (Å²) in [6.45, 7) is 3.79. The molecule has 2 aliphatic rings. The Morgan fingerprint density at radius 3 is 3.04 bits per heavy atom. The van der Waals surface area contributed by atoms with Crippen molar-refractivity contribution in [3.63, 3.8) is 0 Å². The lowest BCUT2D eigenvalue weighted by molar-refractivity contribution is -0.130. The molecule has 23 heavy (non-hydrogen) atoms. The summed E-state index contributed by atoms with van der Waals surface area (Å²) in [6, 6.07) is 0. The molecule has 0 fully saturated rings. The van der Waals surface area contributed by atoms with Crippen molar-refractivity contribution in [1.82, 2.24) is 15.1 Å². The van der Waals surface area contributed by atoms with Crippen LogP contribution in [0.2, 0.25) is 0 Å². The number of allylic oxidation sites excluding steroid dienone is 2. The molecule has 1 atom stereocenters. The van der Waals surface area contributed by atoms with Gasteiger partial charge in [0.1, 0.15) is 16.4 Å². The third kappa shape index (κ3) is 2.94. The van der Waals surface area contributed by atoms with Crippen LogP contribution in [0.25, 0.3) is 0 Å². The lowest BCUT2D eigenvalue weighted by Gasteiger charge is -2.41. The Hall–Kier alpha value is -2.35. The highest BCUT2D eigenvalue weighted by molar-refractivity contribution is 7.15. The van der Waals surface area contributed by atoms with Crippen molar-refractivity contribution >= 4 is 34.1 Å². The molecular formula is C15H17N5O2S. The normalized spacial score (nSPS) is 22.8. The number of hydrogen-bond acceptors (Lipinski definition) is 6. The topological polar surface area (TPSA) is 87.5 Å². The molecule has 0 aromatic carbocycles. The summed E-state index contributed by atoms with van der Waals surface area (Å²) in [5, 5.41) is 12.2. The van der Waals surface area contributed by atoms with Crippen molar-refractivity contribution in [2.24, 2.45) is 4.99 Å². The molecule has 1 unspecified atom stereocenters. The summed E-state index contributed by atoms with van der Waals surface area (Å²) in [5.41, 5.74) is -1.04. The summed E-state index contributed by atoms with van der Waals surface area (Å²) in [6.07, 6.45) is 8.89. The van der Waals surface area contributed by atoms with E-state index in [4.69, 9.17) is 0 Å². The molecule has 120 valence electrons. The Morgan fingerprint density at radius 1 is 1.43 bits per heavy atom. The second-order valence-corrected chi connectivity index (χ2v) is 6.65. The molecule has 8 heteroatoms. The summed E-state index contributed by atoms with van der Waals surface area (Å²) in [4.78, 5) is 30.4. The van der Waals surface area contributed by atoms with Crippen LogP contribution in [0.1, 0.15) is 31.7 Å². The van der Waals surface area contributed by atoms with Gasteiger partial charge < -0.3 is 4.90 Å². The van der Waals surface area contributed by atoms with Crippen LogP contribution in [0.4, 0.5) is 5.13 Å². The van der Waals surface area contributed by atoms with Gasteiger partial charge in [0, 0.05) is 12.6 Å². The monoisotopic (exact) mass is 331 g/mol. The van der Waals surface area contributed by atoms with E-state index < -0.39 is 5.54 Å². The van der Waals surface area contributed by atoms with E-state index in [0.717, 1.165) is 17.8 Å². The molecule has 0 saturated heterocycles. The fraction of sp³-hybridized carbons (Fsp3) is 0.400. The van der Waals surface area contributed by atoms with Gasteiger partial charge in [0.25, 0.3) is 11.8 Å². The van der Waals surface area contributed by atoms with Crippen molar-refractivity contribution < 1.29 is 9.59 Å². The zero-order valence-electron chi connectivity index (χ0n) is 12.9. The van der Waals surface area contributed by atoms with E-state index in [0.29, 0.717) is 11.0 Å². The highest BCUT2D eigenvalue weighted by atomic mass is 32.1. The number of amides is 2. The molecule has 7 nitrogen and oxygen atoms in total. The number of rotatable bonds is 4. The molecule has 0 spiro atoms. The van der Waals surface area contributed by atoms with Crippen molar-refractivity contribution in [2.75, 3.05) is 5.32 Å². The van der Waals surface area contributed by atoms with Crippen LogP contribution in [0.5, 0.6) is 0 Å². The first-order chi connectivity index (χ1) is 11.0. The standard InChI is InChI=1S/C15H17N5O2S/c1-3-6-12-18-19-14(23-12)17-13(22)15(2)9-11(21)16-10-7-4-5-8-20(10)15/h4-5,7-8H,3,6,9H2,1-2H3,(H,17,19,22). The molecule has 1 N–H and O–H groups in total. The van der Waals surface area contributed by atoms with Gasteiger partial charge in [-0.15, -0.1) is 10.2 Å². The second kappa shape index (κ2) is 6.04. The van der Waals surface area contributed by atoms with Gasteiger partial charge in [-0.2, -0.15) is 4.99 Å². The molecule has 0 aliphatic carbocycles. The Morgan fingerprint density at radius 2 is 2.26 bits per heavy atom. The highest BCUT2D eigenvalue weighted by Crippen LogP contribution is 2.29. The van der Waals surface area contributed by atoms with Gasteiger partial charge in [-0.05, 0) is 25.5 Å². The molecule has 2 aliphatic heterocycles. The van der Waals surface area contributed by atoms with Gasteiger partial charge in [0.05, 0.1) is 6.42 Å². The average molecular weight is 331 g/mol. The van der Waals surface area contributed by atoms with Gasteiger partial charge in [-0.1, -0.05) is 24.3 Å². The number of anilines is 1. The Balaban J connectivity index is 1.82. The minimum absolute atomic E-state index is 0.0150. The zero-order valence-corrected chi connectivity index (χ0v) is 13.8. The third-order valence-electron chi connectivity index (χ3n) is 3.75. The zero-order chi connectivity index (χ0) is 16.4. The fourth-order valence-corrected chi connectivity index (χ4v) is 3.37. The minimum Gasteiger partial charge on any atom is -0.317 e. The van der Waals surface area contributed by atoms with Crippen molar-refractivity contribution in [1.29, 1.82) is 0 Å². The average Bonchev–Trinajstić information content (AvgIpc) is 2.94. The predicted molar refractivity (Wildman–Crippen MR) is 88.1 cm³/mol. The molecule has 0 radical (unpaired) electrons. The van der Waals surface area contributed by atoms with E-state index in [2.05, 4.69) is 27.4 Å². The largest absolute Gasteiger partial charge is 0.317 e. The second-order valence-electron chi connectivity index (χ2n) is 5.59. The molecule has 3 heterocycles. The Labute approximate surface area is 137 Å². The number of carbonyl (C=O) groups is 2. The molecule has 3 rings (SSSR count). The number of amidine groups is 1. The third-order valence-corrected chi connectivity index (χ3v) is 4.64. The highest BCUT2D eigenvalue weighted by Gasteiger charge is 2.45. The van der Waals surface area contributed by atoms with Gasteiger partial charge in [-0.3, -0.25) is 14.9 Å². The van der Waals surface area contributed by atoms with Gasteiger partial charge >= 0.3 is 0 Å². The van der Waals surface area contributed by atoms with Gasteiger partial charge in [-0.25, -0.2) is 0 Å². The van der Waals surface area contributed by atoms with Crippen molar-refractivity contribution in [2.45, 2.75) is 38.6 Å². The van der Waals surface area contributed by atoms with E-state index >= 15 is 0 Å². The van der Waals surface area contributed by atoms with E-state index in [1.807, 2.05) is 6.08 Å². The summed E-state index contributed by atoms with van der Waals surface area (Å²) in [5.74, 6) is -0.125. The maximum absolute atomic E-state index is 12.8. The van der Waals surface area contributed by atoms with E-state index in [-0.39, 0.29) is 18.2 Å². The van der Waals surface area contributed by atoms with Crippen LogP contribution in [0, 0.1) is 0 Å². The summed E-state index contributed by atoms with van der Waals surface area (Å²) >= 11 is 1.36. The van der Waals surface area contributed by atoms with E-state index in [1.165, 1.54) is 11.3 Å². The van der Waals surface area contributed by atoms with E-state index in [1.54, 1.807) is 30.2 Å². The lowest BCUT2D eigenvalue weighted by Crippen LogP contribution is -2.58. The number of nitrogens with zero attached hydrogens (tertiary/aromatic N) is 4. The van der Waals surface area contributed by atoms with Gasteiger partial charge in [0.15, 0.2) is 0 Å². The van der Waals surface area contributed by atoms with Crippen LogP contribution in [0.15, 0.2) is 29.4 Å². The van der Waals surface area contributed by atoms with Crippen molar-refractivity contribution in [3.8, 4) is 0 Å². The quantitative estimate of drug-likeness (QED) is 0.910. The smallest absolute Gasteiger partial charge is 0.252 e. The van der Waals surface area contributed by atoms with Crippen LogP contribution < -0.4 is 5.32 Å². The predicted octanol–water partition coefficient (Wildman–Crippen LogP) is 1.90. The lowest BCUT2D eigenvalue weighted by atomic mass is 9.91. The molecule has 1 aromatic rings. The van der Waals surface area contributed by atoms with Crippen molar-refractivity contribution in [3.05, 3.63) is 29.4 Å².